The molecule has 5 aromatic rings. The van der Waals surface area contributed by atoms with Crippen molar-refractivity contribution in [3.8, 4) is 0 Å². The Morgan fingerprint density at radius 2 is 1.26 bits per heavy atom. The van der Waals surface area contributed by atoms with E-state index < -0.39 is 119 Å². The normalized spacial score (nSPS) is 27.1. The lowest BCUT2D eigenvalue weighted by atomic mass is 9.44. The number of fused-ring (bicyclic) bond motifs is 5. The van der Waals surface area contributed by atoms with E-state index in [9.17, 15) is 43.8 Å². The molecule has 3 N–H and O–H groups in total. The number of esters is 5. The van der Waals surface area contributed by atoms with Crippen LogP contribution in [0, 0.1) is 16.7 Å². The van der Waals surface area contributed by atoms with E-state index in [4.69, 9.17) is 28.4 Å². The minimum absolute atomic E-state index is 0.0272. The zero-order chi connectivity index (χ0) is 57.3. The van der Waals surface area contributed by atoms with Crippen molar-refractivity contribution in [2.45, 2.75) is 121 Å². The summed E-state index contributed by atoms with van der Waals surface area (Å²) >= 11 is 0. The zero-order valence-electron chi connectivity index (χ0n) is 45.1. The van der Waals surface area contributed by atoms with E-state index in [2.05, 4.69) is 5.32 Å². The largest absolute Gasteiger partial charge is 0.461 e. The number of ether oxygens (including phenoxy) is 6. The molecule has 9 rings (SSSR count). The van der Waals surface area contributed by atoms with Gasteiger partial charge in [0.05, 0.1) is 29.5 Å². The van der Waals surface area contributed by atoms with Gasteiger partial charge in [-0.2, -0.15) is 0 Å². The van der Waals surface area contributed by atoms with E-state index in [-0.39, 0.29) is 53.9 Å². The minimum Gasteiger partial charge on any atom is -0.461 e. The van der Waals surface area contributed by atoms with Crippen LogP contribution in [0.2, 0.25) is 0 Å². The number of rotatable bonds is 16. The number of carbonyl (C=O) groups excluding carboxylic acids is 8. The van der Waals surface area contributed by atoms with E-state index in [1.807, 2.05) is 6.07 Å². The van der Waals surface area contributed by atoms with Crippen LogP contribution < -0.4 is 5.32 Å². The maximum absolute atomic E-state index is 16.4. The monoisotopic (exact) mass is 1090 g/mol. The van der Waals surface area contributed by atoms with Crippen LogP contribution in [0.25, 0.3) is 0 Å². The maximum atomic E-state index is 16.4. The summed E-state index contributed by atoms with van der Waals surface area (Å²) in [5.74, 6) is -8.14. The van der Waals surface area contributed by atoms with Gasteiger partial charge in [0.15, 0.2) is 29.4 Å². The number of carbonyl (C=O) groups is 8. The standard InChI is InChI=1S/C63H63NO16/c1-36-45(77-59(73)52(69)50(40-19-11-7-12-20-40)64-57(71)43-23-15-9-16-24-43)34-63(74)56(79-58(72)44-25-17-10-18-26-44)54-61(6,55(70)53(76-37(2)65)49(36)60(63,4)5)46(33-47-62(54,35-75-47)80-38(3)66)78-48(67)32-29-39-27-30-42(31-28-39)51(68)41-21-13-8-14-22-41/h7-28,30-31,45-47,50,52-54,56,69,74H,29,32-35H2,1-6H3,(H,64,71)/t45-,46-,47+,50-,52+,53+,54?,56-,61+,62-,63+/m0/s1. The fraction of sp³-hybridized carbons (Fsp3) is 0.365. The number of nitrogens with one attached hydrogen (secondary N) is 1. The first-order valence-corrected chi connectivity index (χ1v) is 26.5. The Morgan fingerprint density at radius 1 is 0.700 bits per heavy atom. The molecule has 0 radical (unpaired) electrons. The summed E-state index contributed by atoms with van der Waals surface area (Å²) in [6.45, 7) is 7.90. The molecule has 3 aliphatic carbocycles. The molecule has 17 heteroatoms. The third-order valence-corrected chi connectivity index (χ3v) is 16.6. The smallest absolute Gasteiger partial charge is 0.338 e. The van der Waals surface area contributed by atoms with Crippen LogP contribution in [-0.4, -0.2) is 112 Å². The Morgan fingerprint density at radius 3 is 1.82 bits per heavy atom. The number of hydrogen-bond acceptors (Lipinski definition) is 16. The molecule has 4 aliphatic rings. The maximum Gasteiger partial charge on any atom is 0.338 e. The van der Waals surface area contributed by atoms with E-state index in [0.29, 0.717) is 22.3 Å². The van der Waals surface area contributed by atoms with Crippen molar-refractivity contribution in [1.29, 1.82) is 0 Å². The summed E-state index contributed by atoms with van der Waals surface area (Å²) in [6.07, 6.45) is -11.1. The summed E-state index contributed by atoms with van der Waals surface area (Å²) in [6, 6.07) is 38.3. The van der Waals surface area contributed by atoms with Crippen LogP contribution in [0.5, 0.6) is 0 Å². The van der Waals surface area contributed by atoms with Gasteiger partial charge in [0.25, 0.3) is 5.91 Å². The van der Waals surface area contributed by atoms with Crippen molar-refractivity contribution in [3.05, 3.63) is 190 Å². The lowest BCUT2D eigenvalue weighted by molar-refractivity contribution is -0.346. The molecular weight excluding hydrogens is 1030 g/mol. The number of hydrogen-bond donors (Lipinski definition) is 3. The molecule has 3 fully saturated rings. The first kappa shape index (κ1) is 56.6. The van der Waals surface area contributed by atoms with Gasteiger partial charge in [-0.3, -0.25) is 28.8 Å². The molecule has 1 aliphatic heterocycles. The van der Waals surface area contributed by atoms with Crippen molar-refractivity contribution in [1.82, 2.24) is 5.32 Å². The molecule has 17 nitrogen and oxygen atoms in total. The molecule has 2 saturated carbocycles. The lowest BCUT2D eigenvalue weighted by Gasteiger charge is -2.67. The molecule has 11 atom stereocenters. The third-order valence-electron chi connectivity index (χ3n) is 16.6. The first-order valence-electron chi connectivity index (χ1n) is 26.5. The van der Waals surface area contributed by atoms with Crippen LogP contribution in [0.15, 0.2) is 157 Å². The highest BCUT2D eigenvalue weighted by atomic mass is 16.6. The number of Topliss-reactive ketones (excluding diaryl/α,β-unsaturated/α-hetero) is 1. The summed E-state index contributed by atoms with van der Waals surface area (Å²) in [7, 11) is 0. The Balaban J connectivity index is 1.14. The van der Waals surface area contributed by atoms with E-state index in [1.54, 1.807) is 141 Å². The molecule has 0 aromatic heterocycles. The molecule has 80 heavy (non-hydrogen) atoms. The molecule has 0 spiro atoms. The van der Waals surface area contributed by atoms with Crippen LogP contribution in [0.1, 0.15) is 115 Å². The second-order valence-electron chi connectivity index (χ2n) is 21.7. The summed E-state index contributed by atoms with van der Waals surface area (Å²) in [5, 5.41) is 28.9. The molecule has 2 bridgehead atoms. The predicted molar refractivity (Wildman–Crippen MR) is 286 cm³/mol. The number of benzene rings is 5. The topological polar surface area (TPSA) is 244 Å². The van der Waals surface area contributed by atoms with Gasteiger partial charge in [-0.05, 0) is 66.8 Å². The lowest BCUT2D eigenvalue weighted by Crippen LogP contribution is -2.82. The van der Waals surface area contributed by atoms with Crippen molar-refractivity contribution < 1.29 is 77.0 Å². The van der Waals surface area contributed by atoms with Gasteiger partial charge in [0.1, 0.15) is 30.0 Å². The Labute approximate surface area is 462 Å². The number of ketones is 2. The van der Waals surface area contributed by atoms with Gasteiger partial charge >= 0.3 is 29.8 Å². The number of aliphatic hydroxyl groups excluding tert-OH is 1. The van der Waals surface area contributed by atoms with Gasteiger partial charge in [0, 0.05) is 55.2 Å². The van der Waals surface area contributed by atoms with Crippen LogP contribution in [0.3, 0.4) is 0 Å². The van der Waals surface area contributed by atoms with Crippen molar-refractivity contribution in [2.75, 3.05) is 6.61 Å². The van der Waals surface area contributed by atoms with E-state index in [1.165, 1.54) is 26.0 Å². The van der Waals surface area contributed by atoms with Crippen molar-refractivity contribution in [3.63, 3.8) is 0 Å². The van der Waals surface area contributed by atoms with Gasteiger partial charge in [-0.1, -0.05) is 135 Å². The van der Waals surface area contributed by atoms with Crippen molar-refractivity contribution in [2.24, 2.45) is 16.7 Å². The molecular formula is C63H63NO16. The second-order valence-corrected chi connectivity index (χ2v) is 21.7. The van der Waals surface area contributed by atoms with Crippen molar-refractivity contribution >= 4 is 47.3 Å². The molecule has 1 amide bonds. The molecule has 1 heterocycles. The fourth-order valence-electron chi connectivity index (χ4n) is 12.4. The van der Waals surface area contributed by atoms with E-state index in [0.717, 1.165) is 13.8 Å². The fourth-order valence-corrected chi connectivity index (χ4v) is 12.4. The third kappa shape index (κ3) is 10.5. The highest BCUT2D eigenvalue weighted by molar-refractivity contribution is 6.09. The Hall–Kier alpha value is -8.12. The number of amides is 1. The average molecular weight is 1090 g/mol. The average Bonchev–Trinajstić information content (AvgIpc) is 2.52. The van der Waals surface area contributed by atoms with Gasteiger partial charge in [-0.15, -0.1) is 0 Å². The SMILES string of the molecule is CC(=O)O[C@H]1C(=O)[C@@]2(C)C([C@H](OC(=O)c3ccccc3)[C@]3(O)C[C@H](OC(=O)[C@H](O)[C@@H](NC(=O)c4ccccc4)c4ccccc4)C(C)=C1C3(C)C)[C@]1(OC(C)=O)CO[C@@H]1C[C@@H]2OC(=O)CCc1ccc(C(=O)c2ccccc2)cc1. The summed E-state index contributed by atoms with van der Waals surface area (Å²) in [4.78, 5) is 114. The highest BCUT2D eigenvalue weighted by Crippen LogP contribution is 2.65. The molecule has 1 saturated heterocycles. The molecule has 5 aromatic carbocycles. The van der Waals surface area contributed by atoms with Gasteiger partial charge in [-0.25, -0.2) is 9.59 Å². The summed E-state index contributed by atoms with van der Waals surface area (Å²) in [5.41, 5.74) is -6.00. The van der Waals surface area contributed by atoms with Gasteiger partial charge < -0.3 is 44.0 Å². The molecule has 1 unspecified atom stereocenters. The summed E-state index contributed by atoms with van der Waals surface area (Å²) < 4.78 is 37.7. The Kier molecular flexibility index (Phi) is 16.0. The van der Waals surface area contributed by atoms with Crippen LogP contribution in [0.4, 0.5) is 0 Å². The predicted octanol–water partition coefficient (Wildman–Crippen LogP) is 7.15. The quantitative estimate of drug-likeness (QED) is 0.0384. The highest BCUT2D eigenvalue weighted by Gasteiger charge is 2.79. The minimum atomic E-state index is -2.50. The van der Waals surface area contributed by atoms with E-state index >= 15 is 4.79 Å². The van der Waals surface area contributed by atoms with Gasteiger partial charge in [0.2, 0.25) is 0 Å². The first-order chi connectivity index (χ1) is 38.1. The zero-order valence-corrected chi connectivity index (χ0v) is 45.1. The number of aryl methyl sites for hydroxylation is 1. The molecule has 416 valence electrons. The second kappa shape index (κ2) is 22.6. The number of aliphatic hydroxyl groups is 2. The van der Waals surface area contributed by atoms with Crippen LogP contribution in [-0.2, 0) is 58.8 Å². The van der Waals surface area contributed by atoms with Crippen LogP contribution >= 0.6 is 0 Å². The Bertz CT molecular complexity index is 3220.